The molecule has 1 aliphatic heterocycles. The van der Waals surface area contributed by atoms with Crippen LogP contribution in [0.4, 0.5) is 24.5 Å². The first-order valence-electron chi connectivity index (χ1n) is 9.05. The fourth-order valence-electron chi connectivity index (χ4n) is 3.41. The Morgan fingerprint density at radius 1 is 1.14 bits per heavy atom. The Balaban J connectivity index is 1.81. The number of nitrogens with zero attached hydrogens (tertiary/aromatic N) is 1. The van der Waals surface area contributed by atoms with Crippen LogP contribution in [0.2, 0.25) is 0 Å². The number of benzene rings is 2. The second-order valence-corrected chi connectivity index (χ2v) is 7.28. The van der Waals surface area contributed by atoms with Crippen molar-refractivity contribution in [3.05, 3.63) is 58.9 Å². The Labute approximate surface area is 161 Å². The van der Waals surface area contributed by atoms with Gasteiger partial charge < -0.3 is 10.2 Å². The molecule has 1 fully saturated rings. The van der Waals surface area contributed by atoms with Crippen LogP contribution in [-0.2, 0) is 9.59 Å². The number of nitrogens with one attached hydrogen (secondary N) is 1. The molecule has 1 N–H and O–H groups in total. The van der Waals surface area contributed by atoms with Crippen molar-refractivity contribution in [1.29, 1.82) is 0 Å². The summed E-state index contributed by atoms with van der Waals surface area (Å²) in [4.78, 5) is 26.0. The maximum atomic E-state index is 14.0. The molecule has 2 aromatic rings. The molecular formula is C21H21F3N2O2. The van der Waals surface area contributed by atoms with Gasteiger partial charge in [-0.05, 0) is 36.1 Å². The molecule has 0 radical (unpaired) electrons. The van der Waals surface area contributed by atoms with Crippen molar-refractivity contribution < 1.29 is 22.8 Å². The summed E-state index contributed by atoms with van der Waals surface area (Å²) >= 11 is 0. The van der Waals surface area contributed by atoms with E-state index in [0.29, 0.717) is 5.69 Å². The van der Waals surface area contributed by atoms with Crippen molar-refractivity contribution in [2.45, 2.75) is 33.1 Å². The monoisotopic (exact) mass is 390 g/mol. The Bertz CT molecular complexity index is 943. The maximum Gasteiger partial charge on any atom is 0.229 e. The van der Waals surface area contributed by atoms with E-state index in [0.717, 1.165) is 28.2 Å². The van der Waals surface area contributed by atoms with Gasteiger partial charge in [0, 0.05) is 18.7 Å². The zero-order valence-corrected chi connectivity index (χ0v) is 15.9. The predicted molar refractivity (Wildman–Crippen MR) is 101 cm³/mol. The van der Waals surface area contributed by atoms with E-state index < -0.39 is 29.3 Å². The number of para-hydroxylation sites is 1. The second-order valence-electron chi connectivity index (χ2n) is 7.28. The Morgan fingerprint density at radius 3 is 2.54 bits per heavy atom. The van der Waals surface area contributed by atoms with Crippen LogP contribution >= 0.6 is 0 Å². The molecule has 0 aliphatic carbocycles. The van der Waals surface area contributed by atoms with Crippen molar-refractivity contribution in [2.24, 2.45) is 5.92 Å². The van der Waals surface area contributed by atoms with Crippen molar-refractivity contribution in [2.75, 3.05) is 16.8 Å². The minimum atomic E-state index is -1.64. The zero-order valence-electron chi connectivity index (χ0n) is 15.9. The van der Waals surface area contributed by atoms with Crippen LogP contribution in [0.5, 0.6) is 0 Å². The summed E-state index contributed by atoms with van der Waals surface area (Å²) in [5.74, 6) is -5.82. The Kier molecular flexibility index (Phi) is 5.45. The van der Waals surface area contributed by atoms with Gasteiger partial charge in [0.2, 0.25) is 11.8 Å². The number of anilines is 2. The first-order valence-corrected chi connectivity index (χ1v) is 9.05. The highest BCUT2D eigenvalue weighted by Gasteiger charge is 2.37. The Morgan fingerprint density at radius 2 is 1.86 bits per heavy atom. The molecule has 3 rings (SSSR count). The second kappa shape index (κ2) is 7.66. The molecule has 1 atom stereocenters. The number of rotatable bonds is 4. The van der Waals surface area contributed by atoms with Gasteiger partial charge in [-0.15, -0.1) is 0 Å². The molecule has 0 aromatic heterocycles. The van der Waals surface area contributed by atoms with Gasteiger partial charge in [-0.1, -0.05) is 32.0 Å². The van der Waals surface area contributed by atoms with E-state index in [1.54, 1.807) is 0 Å². The van der Waals surface area contributed by atoms with E-state index in [-0.39, 0.29) is 30.5 Å². The Hall–Kier alpha value is -2.83. The summed E-state index contributed by atoms with van der Waals surface area (Å²) in [5, 5.41) is 2.88. The molecule has 7 heteroatoms. The van der Waals surface area contributed by atoms with E-state index >= 15 is 0 Å². The number of hydrogen-bond acceptors (Lipinski definition) is 2. The summed E-state index contributed by atoms with van der Waals surface area (Å²) in [5.41, 5.74) is 2.21. The molecular weight excluding hydrogens is 369 g/mol. The first kappa shape index (κ1) is 19.9. The van der Waals surface area contributed by atoms with Crippen LogP contribution in [0.25, 0.3) is 0 Å². The highest BCUT2D eigenvalue weighted by atomic mass is 19.2. The summed E-state index contributed by atoms with van der Waals surface area (Å²) < 4.78 is 40.7. The molecule has 2 aromatic carbocycles. The van der Waals surface area contributed by atoms with Crippen molar-refractivity contribution in [3.8, 4) is 0 Å². The summed E-state index contributed by atoms with van der Waals surface area (Å²) in [6.45, 7) is 5.80. The number of aryl methyl sites for hydroxylation is 1. The fraction of sp³-hybridized carbons (Fsp3) is 0.333. The van der Waals surface area contributed by atoms with Crippen LogP contribution in [0, 0.1) is 30.3 Å². The number of halogens is 3. The number of amides is 2. The normalized spacial score (nSPS) is 16.8. The molecule has 1 unspecified atom stereocenters. The highest BCUT2D eigenvalue weighted by Crippen LogP contribution is 2.32. The third-order valence-corrected chi connectivity index (χ3v) is 4.98. The van der Waals surface area contributed by atoms with E-state index in [1.807, 2.05) is 39.0 Å². The van der Waals surface area contributed by atoms with Crippen molar-refractivity contribution >= 4 is 23.2 Å². The van der Waals surface area contributed by atoms with Gasteiger partial charge >= 0.3 is 0 Å². The molecule has 1 aliphatic rings. The zero-order chi connectivity index (χ0) is 20.6. The van der Waals surface area contributed by atoms with Crippen molar-refractivity contribution in [3.63, 3.8) is 0 Å². The predicted octanol–water partition coefficient (Wildman–Crippen LogP) is 4.53. The largest absolute Gasteiger partial charge is 0.325 e. The number of hydrogen-bond donors (Lipinski definition) is 1. The average molecular weight is 390 g/mol. The van der Waals surface area contributed by atoms with Gasteiger partial charge in [0.15, 0.2) is 17.5 Å². The molecule has 2 amide bonds. The van der Waals surface area contributed by atoms with E-state index in [9.17, 15) is 22.8 Å². The lowest BCUT2D eigenvalue weighted by molar-refractivity contribution is -0.122. The highest BCUT2D eigenvalue weighted by molar-refractivity contribution is 6.04. The molecule has 1 heterocycles. The SMILES string of the molecule is Cc1cccc(C(C)C)c1NC(=O)C1CC(=O)N(c2ccc(F)c(F)c2F)C1. The van der Waals surface area contributed by atoms with Gasteiger partial charge in [-0.2, -0.15) is 0 Å². The minimum absolute atomic E-state index is 0.102. The molecule has 0 bridgehead atoms. The van der Waals surface area contributed by atoms with E-state index in [2.05, 4.69) is 5.32 Å². The smallest absolute Gasteiger partial charge is 0.229 e. The third kappa shape index (κ3) is 3.61. The molecule has 28 heavy (non-hydrogen) atoms. The lowest BCUT2D eigenvalue weighted by atomic mass is 9.97. The molecule has 0 spiro atoms. The third-order valence-electron chi connectivity index (χ3n) is 4.98. The summed E-state index contributed by atoms with van der Waals surface area (Å²) in [7, 11) is 0. The van der Waals surface area contributed by atoms with Gasteiger partial charge in [0.25, 0.3) is 0 Å². The quantitative estimate of drug-likeness (QED) is 0.780. The fourth-order valence-corrected chi connectivity index (χ4v) is 3.41. The van der Waals surface area contributed by atoms with Gasteiger partial charge in [0.05, 0.1) is 11.6 Å². The first-order chi connectivity index (χ1) is 13.2. The lowest BCUT2D eigenvalue weighted by Crippen LogP contribution is -2.29. The van der Waals surface area contributed by atoms with Crippen LogP contribution in [-0.4, -0.2) is 18.4 Å². The number of carbonyl (C=O) groups is 2. The van der Waals surface area contributed by atoms with E-state index in [4.69, 9.17) is 0 Å². The topological polar surface area (TPSA) is 49.4 Å². The van der Waals surface area contributed by atoms with Crippen LogP contribution in [0.15, 0.2) is 30.3 Å². The standard InChI is InChI=1S/C21H21F3N2O2/c1-11(2)14-6-4-5-12(3)20(14)25-21(28)13-9-17(27)26(10-13)16-8-7-15(22)18(23)19(16)24/h4-8,11,13H,9-10H2,1-3H3,(H,25,28). The lowest BCUT2D eigenvalue weighted by Gasteiger charge is -2.19. The minimum Gasteiger partial charge on any atom is -0.325 e. The molecule has 1 saturated heterocycles. The summed E-state index contributed by atoms with van der Waals surface area (Å²) in [6, 6.07) is 7.48. The van der Waals surface area contributed by atoms with E-state index in [1.165, 1.54) is 0 Å². The van der Waals surface area contributed by atoms with Crippen LogP contribution < -0.4 is 10.2 Å². The summed E-state index contributed by atoms with van der Waals surface area (Å²) in [6.07, 6.45) is -0.132. The molecule has 0 saturated carbocycles. The number of carbonyl (C=O) groups excluding carboxylic acids is 2. The maximum absolute atomic E-state index is 14.0. The molecule has 4 nitrogen and oxygen atoms in total. The molecule has 148 valence electrons. The van der Waals surface area contributed by atoms with Crippen LogP contribution in [0.3, 0.4) is 0 Å². The van der Waals surface area contributed by atoms with Gasteiger partial charge in [-0.3, -0.25) is 9.59 Å². The van der Waals surface area contributed by atoms with Gasteiger partial charge in [0.1, 0.15) is 0 Å². The van der Waals surface area contributed by atoms with Gasteiger partial charge in [-0.25, -0.2) is 13.2 Å². The van der Waals surface area contributed by atoms with Crippen molar-refractivity contribution in [1.82, 2.24) is 0 Å². The average Bonchev–Trinajstić information content (AvgIpc) is 3.03. The van der Waals surface area contributed by atoms with Crippen LogP contribution in [0.1, 0.15) is 37.3 Å².